The van der Waals surface area contributed by atoms with E-state index in [1.54, 1.807) is 0 Å². The van der Waals surface area contributed by atoms with Crippen LogP contribution in [0.15, 0.2) is 24.4 Å². The lowest BCUT2D eigenvalue weighted by atomic mass is 10.1. The minimum Gasteiger partial charge on any atom is -0.545 e. The van der Waals surface area contributed by atoms with E-state index in [9.17, 15) is 9.90 Å². The summed E-state index contributed by atoms with van der Waals surface area (Å²) >= 11 is 0. The van der Waals surface area contributed by atoms with Gasteiger partial charge in [-0.1, -0.05) is 12.1 Å². The fourth-order valence-electron chi connectivity index (χ4n) is 1.53. The van der Waals surface area contributed by atoms with E-state index in [-0.39, 0.29) is 5.56 Å². The van der Waals surface area contributed by atoms with Crippen LogP contribution in [0, 0.1) is 6.92 Å². The largest absolute Gasteiger partial charge is 0.545 e. The minimum absolute atomic E-state index is 0.230. The molecule has 13 heavy (non-hydrogen) atoms. The third-order valence-electron chi connectivity index (χ3n) is 2.13. The average molecular weight is 174 g/mol. The summed E-state index contributed by atoms with van der Waals surface area (Å²) in [5, 5.41) is 11.4. The smallest absolute Gasteiger partial charge is 0.0736 e. The van der Waals surface area contributed by atoms with Crippen LogP contribution in [0.5, 0.6) is 0 Å². The third kappa shape index (κ3) is 1.09. The molecule has 1 heterocycles. The Balaban J connectivity index is 2.86. The maximum atomic E-state index is 10.7. The number of hydrogen-bond acceptors (Lipinski definition) is 2. The van der Waals surface area contributed by atoms with E-state index < -0.39 is 5.97 Å². The van der Waals surface area contributed by atoms with Crippen LogP contribution in [0.3, 0.4) is 0 Å². The molecular weight excluding hydrogens is 166 g/mol. The zero-order valence-corrected chi connectivity index (χ0v) is 7.13. The number of aromatic carboxylic acids is 1. The van der Waals surface area contributed by atoms with Gasteiger partial charge in [-0.25, -0.2) is 0 Å². The lowest BCUT2D eigenvalue weighted by molar-refractivity contribution is -0.254. The summed E-state index contributed by atoms with van der Waals surface area (Å²) in [5.41, 5.74) is 2.00. The second kappa shape index (κ2) is 2.62. The summed E-state index contributed by atoms with van der Waals surface area (Å²) < 4.78 is 0. The molecule has 0 aliphatic rings. The number of carboxylic acid groups (broad SMARTS) is 1. The number of rotatable bonds is 1. The van der Waals surface area contributed by atoms with Gasteiger partial charge in [0, 0.05) is 22.7 Å². The summed E-state index contributed by atoms with van der Waals surface area (Å²) in [6, 6.07) is 5.60. The molecule has 1 aromatic heterocycles. The van der Waals surface area contributed by atoms with Crippen LogP contribution in [-0.2, 0) is 0 Å². The van der Waals surface area contributed by atoms with Crippen molar-refractivity contribution in [3.05, 3.63) is 35.5 Å². The number of nitrogens with one attached hydrogen (secondary N) is 1. The highest BCUT2D eigenvalue weighted by molar-refractivity contribution is 6.03. The Labute approximate surface area is 75.0 Å². The fraction of sp³-hybridized carbons (Fsp3) is 0.100. The number of aryl methyl sites for hydroxylation is 1. The monoisotopic (exact) mass is 174 g/mol. The predicted molar refractivity (Wildman–Crippen MR) is 47.4 cm³/mol. The van der Waals surface area contributed by atoms with Crippen molar-refractivity contribution in [2.24, 2.45) is 0 Å². The van der Waals surface area contributed by atoms with Gasteiger partial charge in [-0.15, -0.1) is 0 Å². The van der Waals surface area contributed by atoms with E-state index in [1.807, 2.05) is 25.1 Å². The van der Waals surface area contributed by atoms with E-state index in [0.717, 1.165) is 16.5 Å². The molecule has 0 atom stereocenters. The summed E-state index contributed by atoms with van der Waals surface area (Å²) in [6.07, 6.45) is 1.47. The number of aromatic nitrogens is 1. The van der Waals surface area contributed by atoms with Gasteiger partial charge in [-0.05, 0) is 18.6 Å². The first-order valence-corrected chi connectivity index (χ1v) is 3.98. The molecular formula is C10H8NO2-. The Morgan fingerprint density at radius 3 is 2.92 bits per heavy atom. The molecule has 0 saturated carbocycles. The average Bonchev–Trinajstić information content (AvgIpc) is 2.49. The van der Waals surface area contributed by atoms with Crippen LogP contribution in [0.4, 0.5) is 0 Å². The molecule has 1 N–H and O–H groups in total. The molecule has 1 aromatic carbocycles. The van der Waals surface area contributed by atoms with Crippen molar-refractivity contribution >= 4 is 16.9 Å². The molecule has 0 unspecified atom stereocenters. The first kappa shape index (κ1) is 7.86. The first-order valence-electron chi connectivity index (χ1n) is 3.98. The topological polar surface area (TPSA) is 55.9 Å². The molecule has 0 aliphatic carbocycles. The van der Waals surface area contributed by atoms with Crippen LogP contribution >= 0.6 is 0 Å². The van der Waals surface area contributed by atoms with Gasteiger partial charge < -0.3 is 14.9 Å². The van der Waals surface area contributed by atoms with Gasteiger partial charge in [0.25, 0.3) is 0 Å². The zero-order valence-electron chi connectivity index (χ0n) is 7.13. The van der Waals surface area contributed by atoms with Crippen LogP contribution in [0.25, 0.3) is 10.9 Å². The molecule has 2 rings (SSSR count). The molecule has 0 amide bonds. The summed E-state index contributed by atoms with van der Waals surface area (Å²) in [7, 11) is 0. The number of fused-ring (bicyclic) bond motifs is 1. The first-order chi connectivity index (χ1) is 6.20. The van der Waals surface area contributed by atoms with Gasteiger partial charge >= 0.3 is 0 Å². The lowest BCUT2D eigenvalue weighted by Gasteiger charge is -2.01. The SMILES string of the molecule is Cc1cccc2[nH]cc(C(=O)[O-])c12. The molecule has 0 spiro atoms. The van der Waals surface area contributed by atoms with Gasteiger partial charge in [0.05, 0.1) is 5.97 Å². The molecule has 0 aliphatic heterocycles. The van der Waals surface area contributed by atoms with E-state index in [2.05, 4.69) is 4.98 Å². The lowest BCUT2D eigenvalue weighted by Crippen LogP contribution is -2.21. The van der Waals surface area contributed by atoms with Gasteiger partial charge in [0.15, 0.2) is 0 Å². The standard InChI is InChI=1S/C10H9NO2/c1-6-3-2-4-8-9(6)7(5-11-8)10(12)13/h2-5,11H,1H3,(H,12,13)/p-1. The second-order valence-electron chi connectivity index (χ2n) is 2.99. The van der Waals surface area contributed by atoms with Gasteiger partial charge in [0.2, 0.25) is 0 Å². The molecule has 3 heteroatoms. The molecule has 3 nitrogen and oxygen atoms in total. The molecule has 2 aromatic rings. The number of carboxylic acids is 1. The van der Waals surface area contributed by atoms with E-state index in [4.69, 9.17) is 0 Å². The van der Waals surface area contributed by atoms with Crippen LogP contribution < -0.4 is 5.11 Å². The van der Waals surface area contributed by atoms with Gasteiger partial charge in [0.1, 0.15) is 0 Å². The summed E-state index contributed by atoms with van der Waals surface area (Å²) in [6.45, 7) is 1.88. The third-order valence-corrected chi connectivity index (χ3v) is 2.13. The number of aromatic amines is 1. The summed E-state index contributed by atoms with van der Waals surface area (Å²) in [4.78, 5) is 13.6. The molecule has 0 bridgehead atoms. The fourth-order valence-corrected chi connectivity index (χ4v) is 1.53. The summed E-state index contributed by atoms with van der Waals surface area (Å²) in [5.74, 6) is -1.14. The van der Waals surface area contributed by atoms with Crippen molar-refractivity contribution in [3.8, 4) is 0 Å². The number of benzene rings is 1. The van der Waals surface area contributed by atoms with Crippen molar-refractivity contribution in [3.63, 3.8) is 0 Å². The predicted octanol–water partition coefficient (Wildman–Crippen LogP) is 0.840. The number of H-pyrrole nitrogens is 1. The van der Waals surface area contributed by atoms with E-state index in [1.165, 1.54) is 6.20 Å². The van der Waals surface area contributed by atoms with Crippen LogP contribution in [-0.4, -0.2) is 11.0 Å². The van der Waals surface area contributed by atoms with E-state index in [0.29, 0.717) is 0 Å². The van der Waals surface area contributed by atoms with Crippen molar-refractivity contribution < 1.29 is 9.90 Å². The Morgan fingerprint density at radius 1 is 1.46 bits per heavy atom. The normalized spacial score (nSPS) is 10.5. The Morgan fingerprint density at radius 2 is 2.23 bits per heavy atom. The maximum absolute atomic E-state index is 10.7. The zero-order chi connectivity index (χ0) is 9.42. The van der Waals surface area contributed by atoms with Crippen molar-refractivity contribution in [1.82, 2.24) is 4.98 Å². The maximum Gasteiger partial charge on any atom is 0.0736 e. The van der Waals surface area contributed by atoms with Crippen LogP contribution in [0.1, 0.15) is 15.9 Å². The van der Waals surface area contributed by atoms with Crippen molar-refractivity contribution in [2.75, 3.05) is 0 Å². The van der Waals surface area contributed by atoms with E-state index >= 15 is 0 Å². The molecule has 66 valence electrons. The van der Waals surface area contributed by atoms with Crippen LogP contribution in [0.2, 0.25) is 0 Å². The number of hydrogen-bond donors (Lipinski definition) is 1. The molecule has 0 saturated heterocycles. The van der Waals surface area contributed by atoms with Gasteiger partial charge in [-0.2, -0.15) is 0 Å². The highest BCUT2D eigenvalue weighted by atomic mass is 16.4. The highest BCUT2D eigenvalue weighted by Crippen LogP contribution is 2.21. The Bertz CT molecular complexity index is 471. The second-order valence-corrected chi connectivity index (χ2v) is 2.99. The van der Waals surface area contributed by atoms with Gasteiger partial charge in [-0.3, -0.25) is 0 Å². The number of carbonyl (C=O) groups is 1. The van der Waals surface area contributed by atoms with Crippen molar-refractivity contribution in [1.29, 1.82) is 0 Å². The highest BCUT2D eigenvalue weighted by Gasteiger charge is 2.05. The number of carbonyl (C=O) groups excluding carboxylic acids is 1. The molecule has 0 fully saturated rings. The minimum atomic E-state index is -1.14. The Hall–Kier alpha value is -1.77. The Kier molecular flexibility index (Phi) is 1.59. The molecule has 0 radical (unpaired) electrons. The quantitative estimate of drug-likeness (QED) is 0.696. The van der Waals surface area contributed by atoms with Crippen molar-refractivity contribution in [2.45, 2.75) is 6.92 Å².